The Bertz CT molecular complexity index is 1200. The molecule has 36 heavy (non-hydrogen) atoms. The fraction of sp³-hybridized carbons (Fsp3) is 0.440. The van der Waals surface area contributed by atoms with Crippen molar-refractivity contribution in [3.8, 4) is 17.2 Å². The van der Waals surface area contributed by atoms with Crippen molar-refractivity contribution >= 4 is 27.5 Å². The van der Waals surface area contributed by atoms with Gasteiger partial charge in [0.05, 0.1) is 19.1 Å². The van der Waals surface area contributed by atoms with Crippen molar-refractivity contribution in [1.29, 1.82) is 0 Å². The predicted octanol–water partition coefficient (Wildman–Crippen LogP) is 2.52. The monoisotopic (exact) mass is 519 g/mol. The van der Waals surface area contributed by atoms with E-state index in [-0.39, 0.29) is 31.0 Å². The van der Waals surface area contributed by atoms with Crippen molar-refractivity contribution < 1.29 is 32.2 Å². The number of sulfonamides is 1. The van der Waals surface area contributed by atoms with Gasteiger partial charge in [-0.1, -0.05) is 19.1 Å². The van der Waals surface area contributed by atoms with Crippen molar-refractivity contribution in [2.45, 2.75) is 45.8 Å². The van der Waals surface area contributed by atoms with Crippen LogP contribution in [0.2, 0.25) is 0 Å². The number of rotatable bonds is 11. The minimum absolute atomic E-state index is 0.0358. The van der Waals surface area contributed by atoms with Gasteiger partial charge in [0.15, 0.2) is 11.5 Å². The predicted molar refractivity (Wildman–Crippen MR) is 136 cm³/mol. The molecule has 0 radical (unpaired) electrons. The summed E-state index contributed by atoms with van der Waals surface area (Å²) in [6.45, 7) is 5.12. The quantitative estimate of drug-likeness (QED) is 0.485. The summed E-state index contributed by atoms with van der Waals surface area (Å²) in [5, 5.41) is 2.86. The van der Waals surface area contributed by atoms with E-state index < -0.39 is 28.5 Å². The molecule has 0 fully saturated rings. The largest absolute Gasteiger partial charge is 0.497 e. The molecule has 2 aromatic rings. The molecule has 196 valence electrons. The molecule has 1 aliphatic heterocycles. The van der Waals surface area contributed by atoms with E-state index in [1.807, 2.05) is 26.8 Å². The van der Waals surface area contributed by atoms with Crippen LogP contribution in [0.1, 0.15) is 32.8 Å². The number of nitrogens with zero attached hydrogens (tertiary/aromatic N) is 2. The van der Waals surface area contributed by atoms with Crippen LogP contribution in [0.5, 0.6) is 17.2 Å². The first kappa shape index (κ1) is 27.1. The highest BCUT2D eigenvalue weighted by atomic mass is 32.2. The maximum Gasteiger partial charge on any atom is 0.244 e. The third-order valence-electron chi connectivity index (χ3n) is 5.63. The molecule has 0 aliphatic carbocycles. The van der Waals surface area contributed by atoms with Gasteiger partial charge in [0, 0.05) is 18.7 Å². The summed E-state index contributed by atoms with van der Waals surface area (Å²) < 4.78 is 42.5. The molecular weight excluding hydrogens is 486 g/mol. The second-order valence-electron chi connectivity index (χ2n) is 8.77. The van der Waals surface area contributed by atoms with E-state index in [4.69, 9.17) is 14.2 Å². The fourth-order valence-corrected chi connectivity index (χ4v) is 4.76. The molecule has 2 amide bonds. The smallest absolute Gasteiger partial charge is 0.244 e. The standard InChI is InChI=1S/C25H33N3O7S/c1-6-21(25(30)26-17(2)3)27(14-18-8-7-9-20(12-18)33-4)24(29)15-28(36(5,31)32)19-10-11-22-23(13-19)35-16-34-22/h7-13,17,21H,6,14-16H2,1-5H3,(H,26,30)/t21-/m1/s1. The lowest BCUT2D eigenvalue weighted by Gasteiger charge is -2.33. The molecule has 0 bridgehead atoms. The minimum Gasteiger partial charge on any atom is -0.497 e. The summed E-state index contributed by atoms with van der Waals surface area (Å²) in [4.78, 5) is 28.2. The van der Waals surface area contributed by atoms with Crippen molar-refractivity contribution in [2.24, 2.45) is 0 Å². The van der Waals surface area contributed by atoms with Gasteiger partial charge in [0.1, 0.15) is 18.3 Å². The lowest BCUT2D eigenvalue weighted by molar-refractivity contribution is -0.140. The number of nitrogens with one attached hydrogen (secondary N) is 1. The second-order valence-corrected chi connectivity index (χ2v) is 10.7. The molecule has 2 aromatic carbocycles. The first-order valence-electron chi connectivity index (χ1n) is 11.6. The van der Waals surface area contributed by atoms with Crippen LogP contribution in [-0.2, 0) is 26.2 Å². The zero-order valence-electron chi connectivity index (χ0n) is 21.2. The molecule has 0 spiro atoms. The number of methoxy groups -OCH3 is 1. The van der Waals surface area contributed by atoms with E-state index in [0.29, 0.717) is 23.7 Å². The van der Waals surface area contributed by atoms with Gasteiger partial charge in [0.25, 0.3) is 0 Å². The van der Waals surface area contributed by atoms with Crippen molar-refractivity contribution in [2.75, 3.05) is 31.0 Å². The second kappa shape index (κ2) is 11.5. The highest BCUT2D eigenvalue weighted by Gasteiger charge is 2.32. The maximum absolute atomic E-state index is 13.7. The van der Waals surface area contributed by atoms with Crippen LogP contribution in [0.3, 0.4) is 0 Å². The summed E-state index contributed by atoms with van der Waals surface area (Å²) >= 11 is 0. The number of anilines is 1. The average molecular weight is 520 g/mol. The number of carbonyl (C=O) groups excluding carboxylic acids is 2. The van der Waals surface area contributed by atoms with Crippen LogP contribution in [0, 0.1) is 0 Å². The third kappa shape index (κ3) is 6.60. The van der Waals surface area contributed by atoms with Crippen LogP contribution in [0.15, 0.2) is 42.5 Å². The molecule has 1 atom stereocenters. The van der Waals surface area contributed by atoms with Gasteiger partial charge in [-0.15, -0.1) is 0 Å². The Morgan fingerprint density at radius 1 is 1.11 bits per heavy atom. The molecule has 10 nitrogen and oxygen atoms in total. The zero-order chi connectivity index (χ0) is 26.5. The normalized spacial score (nSPS) is 13.3. The van der Waals surface area contributed by atoms with Crippen molar-refractivity contribution in [1.82, 2.24) is 10.2 Å². The van der Waals surface area contributed by atoms with Crippen LogP contribution < -0.4 is 23.8 Å². The third-order valence-corrected chi connectivity index (χ3v) is 6.77. The van der Waals surface area contributed by atoms with E-state index in [1.54, 1.807) is 37.4 Å². The molecule has 0 saturated carbocycles. The molecule has 1 aliphatic rings. The molecule has 0 unspecified atom stereocenters. The highest BCUT2D eigenvalue weighted by molar-refractivity contribution is 7.92. The first-order chi connectivity index (χ1) is 17.0. The van der Waals surface area contributed by atoms with E-state index in [0.717, 1.165) is 16.1 Å². The summed E-state index contributed by atoms with van der Waals surface area (Å²) in [6.07, 6.45) is 1.37. The van der Waals surface area contributed by atoms with E-state index >= 15 is 0 Å². The highest BCUT2D eigenvalue weighted by Crippen LogP contribution is 2.36. The zero-order valence-corrected chi connectivity index (χ0v) is 22.0. The Morgan fingerprint density at radius 3 is 2.47 bits per heavy atom. The molecule has 1 N–H and O–H groups in total. The summed E-state index contributed by atoms with van der Waals surface area (Å²) in [5.41, 5.74) is 1.00. The number of ether oxygens (including phenoxy) is 3. The molecule has 11 heteroatoms. The first-order valence-corrected chi connectivity index (χ1v) is 13.5. The van der Waals surface area contributed by atoms with Gasteiger partial charge < -0.3 is 24.4 Å². The maximum atomic E-state index is 13.7. The van der Waals surface area contributed by atoms with E-state index in [2.05, 4.69) is 5.32 Å². The molecule has 0 aromatic heterocycles. The molecule has 0 saturated heterocycles. The van der Waals surface area contributed by atoms with Crippen molar-refractivity contribution in [3.05, 3.63) is 48.0 Å². The Labute approximate surface area is 212 Å². The lowest BCUT2D eigenvalue weighted by atomic mass is 10.1. The molecule has 1 heterocycles. The van der Waals surface area contributed by atoms with Gasteiger partial charge in [0.2, 0.25) is 28.6 Å². The van der Waals surface area contributed by atoms with Crippen LogP contribution >= 0.6 is 0 Å². The summed E-state index contributed by atoms with van der Waals surface area (Å²) in [7, 11) is -2.31. The number of hydrogen-bond acceptors (Lipinski definition) is 7. The van der Waals surface area contributed by atoms with Gasteiger partial charge in [-0.3, -0.25) is 13.9 Å². The molecular formula is C25H33N3O7S. The van der Waals surface area contributed by atoms with Crippen LogP contribution in [0.4, 0.5) is 5.69 Å². The number of hydrogen-bond donors (Lipinski definition) is 1. The Kier molecular flexibility index (Phi) is 8.67. The SMILES string of the molecule is CC[C@H](C(=O)NC(C)C)N(Cc1cccc(OC)c1)C(=O)CN(c1ccc2c(c1)OCO2)S(C)(=O)=O. The van der Waals surface area contributed by atoms with Crippen LogP contribution in [0.25, 0.3) is 0 Å². The van der Waals surface area contributed by atoms with Gasteiger partial charge in [-0.05, 0) is 50.1 Å². The fourth-order valence-electron chi connectivity index (χ4n) is 3.92. The number of carbonyl (C=O) groups is 2. The van der Waals surface area contributed by atoms with Gasteiger partial charge >= 0.3 is 0 Å². The lowest BCUT2D eigenvalue weighted by Crippen LogP contribution is -2.53. The summed E-state index contributed by atoms with van der Waals surface area (Å²) in [6, 6.07) is 10.9. The van der Waals surface area contributed by atoms with E-state index in [9.17, 15) is 18.0 Å². The van der Waals surface area contributed by atoms with E-state index in [1.165, 1.54) is 11.0 Å². The molecule has 3 rings (SSSR count). The average Bonchev–Trinajstić information content (AvgIpc) is 3.29. The van der Waals surface area contributed by atoms with Gasteiger partial charge in [-0.2, -0.15) is 0 Å². The Hall–Kier alpha value is -3.47. The number of amides is 2. The van der Waals surface area contributed by atoms with Gasteiger partial charge in [-0.25, -0.2) is 8.42 Å². The summed E-state index contributed by atoms with van der Waals surface area (Å²) in [5.74, 6) is 0.668. The minimum atomic E-state index is -3.85. The number of benzene rings is 2. The number of fused-ring (bicyclic) bond motifs is 1. The van der Waals surface area contributed by atoms with Crippen molar-refractivity contribution in [3.63, 3.8) is 0 Å². The Morgan fingerprint density at radius 2 is 1.83 bits per heavy atom. The Balaban J connectivity index is 1.96. The topological polar surface area (TPSA) is 114 Å². The van der Waals surface area contributed by atoms with Crippen LogP contribution in [-0.4, -0.2) is 63.9 Å².